The standard InChI is InChI=1S/C16H25N3O3/c1-2-13(12-6-7-12)17-9-15(20)19-8-14(11-4-3-5-11)18-10-16(21)22/h17-18H,2-10H2,1H3,(H,19,20)(H,21,22). The maximum Gasteiger partial charge on any atom is 0.322 e. The Labute approximate surface area is 131 Å². The second kappa shape index (κ2) is 7.87. The quantitative estimate of drug-likeness (QED) is 0.515. The maximum absolute atomic E-state index is 11.9. The number of hydrogen-bond acceptors (Lipinski definition) is 4. The van der Waals surface area contributed by atoms with Crippen LogP contribution in [0.25, 0.3) is 0 Å². The van der Waals surface area contributed by atoms with E-state index in [1.807, 2.05) is 0 Å². The van der Waals surface area contributed by atoms with Crippen LogP contribution in [0.4, 0.5) is 0 Å². The van der Waals surface area contributed by atoms with E-state index < -0.39 is 5.97 Å². The molecule has 0 bridgehead atoms. The Morgan fingerprint density at radius 1 is 0.909 bits per heavy atom. The number of hydrogen-bond donors (Lipinski definition) is 4. The molecule has 0 heterocycles. The van der Waals surface area contributed by atoms with Gasteiger partial charge in [-0.3, -0.25) is 9.59 Å². The smallest absolute Gasteiger partial charge is 0.322 e. The molecule has 0 atom stereocenters. The van der Waals surface area contributed by atoms with Crippen LogP contribution >= 0.6 is 0 Å². The molecule has 0 aliphatic heterocycles. The van der Waals surface area contributed by atoms with Crippen molar-refractivity contribution in [2.45, 2.75) is 45.4 Å². The first-order valence-corrected chi connectivity index (χ1v) is 7.98. The number of rotatable bonds is 9. The first-order chi connectivity index (χ1) is 10.6. The van der Waals surface area contributed by atoms with E-state index in [1.165, 1.54) is 16.8 Å². The van der Waals surface area contributed by atoms with E-state index in [0.29, 0.717) is 6.54 Å². The fourth-order valence-electron chi connectivity index (χ4n) is 2.45. The van der Waals surface area contributed by atoms with Crippen LogP contribution in [-0.2, 0) is 9.59 Å². The van der Waals surface area contributed by atoms with E-state index in [-0.39, 0.29) is 19.0 Å². The second-order valence-electron chi connectivity index (χ2n) is 5.75. The minimum absolute atomic E-state index is 0.0678. The van der Waals surface area contributed by atoms with Crippen LogP contribution in [0, 0.1) is 0 Å². The number of allylic oxidation sites excluding steroid dienone is 3. The van der Waals surface area contributed by atoms with Crippen LogP contribution in [0.15, 0.2) is 22.5 Å². The zero-order chi connectivity index (χ0) is 15.9. The highest BCUT2D eigenvalue weighted by molar-refractivity contribution is 5.78. The van der Waals surface area contributed by atoms with Crippen molar-refractivity contribution < 1.29 is 14.7 Å². The van der Waals surface area contributed by atoms with Gasteiger partial charge in [-0.2, -0.15) is 0 Å². The predicted molar refractivity (Wildman–Crippen MR) is 84.1 cm³/mol. The van der Waals surface area contributed by atoms with Crippen molar-refractivity contribution in [3.05, 3.63) is 22.5 Å². The number of amides is 1. The van der Waals surface area contributed by atoms with Crippen LogP contribution < -0.4 is 16.0 Å². The monoisotopic (exact) mass is 307 g/mol. The van der Waals surface area contributed by atoms with E-state index in [4.69, 9.17) is 5.11 Å². The van der Waals surface area contributed by atoms with Crippen LogP contribution in [0.3, 0.4) is 0 Å². The molecule has 2 aliphatic rings. The van der Waals surface area contributed by atoms with Gasteiger partial charge in [0.2, 0.25) is 5.91 Å². The molecular weight excluding hydrogens is 282 g/mol. The van der Waals surface area contributed by atoms with Gasteiger partial charge in [-0.05, 0) is 44.1 Å². The average Bonchev–Trinajstić information content (AvgIpc) is 3.24. The summed E-state index contributed by atoms with van der Waals surface area (Å²) in [7, 11) is 0. The molecule has 0 unspecified atom stereocenters. The van der Waals surface area contributed by atoms with Crippen molar-refractivity contribution in [3.63, 3.8) is 0 Å². The Hall–Kier alpha value is -1.98. The van der Waals surface area contributed by atoms with E-state index in [0.717, 1.165) is 44.2 Å². The molecule has 6 heteroatoms. The van der Waals surface area contributed by atoms with Gasteiger partial charge in [0.25, 0.3) is 0 Å². The third-order valence-electron chi connectivity index (χ3n) is 4.04. The van der Waals surface area contributed by atoms with E-state index >= 15 is 0 Å². The summed E-state index contributed by atoms with van der Waals surface area (Å²) < 4.78 is 0. The van der Waals surface area contributed by atoms with Gasteiger partial charge < -0.3 is 21.1 Å². The van der Waals surface area contributed by atoms with Crippen molar-refractivity contribution in [2.24, 2.45) is 0 Å². The Bertz CT molecular complexity index is 497. The molecule has 0 aromatic rings. The van der Waals surface area contributed by atoms with Gasteiger partial charge in [-0.25, -0.2) is 0 Å². The Kier molecular flexibility index (Phi) is 5.86. The molecule has 4 N–H and O–H groups in total. The van der Waals surface area contributed by atoms with Gasteiger partial charge >= 0.3 is 5.97 Å². The number of carbonyl (C=O) groups is 2. The molecule has 0 radical (unpaired) electrons. The normalized spacial score (nSPS) is 15.7. The van der Waals surface area contributed by atoms with E-state index in [1.54, 1.807) is 0 Å². The number of carbonyl (C=O) groups excluding carboxylic acids is 1. The van der Waals surface area contributed by atoms with Crippen molar-refractivity contribution in [2.75, 3.05) is 19.6 Å². The highest BCUT2D eigenvalue weighted by atomic mass is 16.4. The summed E-state index contributed by atoms with van der Waals surface area (Å²) in [4.78, 5) is 22.6. The molecule has 122 valence electrons. The van der Waals surface area contributed by atoms with Crippen LogP contribution in [0.5, 0.6) is 0 Å². The van der Waals surface area contributed by atoms with Crippen LogP contribution in [-0.4, -0.2) is 36.6 Å². The summed E-state index contributed by atoms with van der Waals surface area (Å²) in [5, 5.41) is 17.7. The lowest BCUT2D eigenvalue weighted by atomic mass is 9.90. The van der Waals surface area contributed by atoms with Gasteiger partial charge in [-0.15, -0.1) is 0 Å². The molecule has 0 spiro atoms. The third-order valence-corrected chi connectivity index (χ3v) is 4.04. The van der Waals surface area contributed by atoms with Crippen LogP contribution in [0.1, 0.15) is 45.4 Å². The fraction of sp³-hybridized carbons (Fsp3) is 0.625. The van der Waals surface area contributed by atoms with Gasteiger partial charge in [-0.1, -0.05) is 12.5 Å². The molecule has 0 aromatic carbocycles. The number of carboxylic acids is 1. The van der Waals surface area contributed by atoms with Crippen LogP contribution in [0.2, 0.25) is 0 Å². The zero-order valence-electron chi connectivity index (χ0n) is 13.1. The Morgan fingerprint density at radius 3 is 2.05 bits per heavy atom. The van der Waals surface area contributed by atoms with E-state index in [2.05, 4.69) is 22.9 Å². The third kappa shape index (κ3) is 5.09. The molecular formula is C16H25N3O3. The lowest BCUT2D eigenvalue weighted by Crippen LogP contribution is -2.38. The van der Waals surface area contributed by atoms with Crippen molar-refractivity contribution in [1.82, 2.24) is 16.0 Å². The summed E-state index contributed by atoms with van der Waals surface area (Å²) >= 11 is 0. The first kappa shape index (κ1) is 16.4. The zero-order valence-corrected chi connectivity index (χ0v) is 13.1. The summed E-state index contributed by atoms with van der Waals surface area (Å²) in [5.74, 6) is -0.962. The molecule has 2 rings (SSSR count). The largest absolute Gasteiger partial charge is 0.480 e. The topological polar surface area (TPSA) is 90.5 Å². The highest BCUT2D eigenvalue weighted by Gasteiger charge is 2.18. The lowest BCUT2D eigenvalue weighted by molar-refractivity contribution is -0.135. The van der Waals surface area contributed by atoms with Gasteiger partial charge in [0, 0.05) is 11.4 Å². The molecule has 0 saturated heterocycles. The second-order valence-corrected chi connectivity index (χ2v) is 5.75. The van der Waals surface area contributed by atoms with Gasteiger partial charge in [0.15, 0.2) is 0 Å². The number of nitrogens with one attached hydrogen (secondary N) is 3. The molecule has 2 aliphatic carbocycles. The first-order valence-electron chi connectivity index (χ1n) is 7.98. The SMILES string of the molecule is CCC(NCC(=O)NCC(NCC(=O)O)=C1CCC1)=C1CC1. The summed E-state index contributed by atoms with van der Waals surface area (Å²) in [6.07, 6.45) is 6.33. The van der Waals surface area contributed by atoms with Gasteiger partial charge in [0.1, 0.15) is 6.54 Å². The Balaban J connectivity index is 1.75. The molecule has 6 nitrogen and oxygen atoms in total. The fourth-order valence-corrected chi connectivity index (χ4v) is 2.45. The average molecular weight is 307 g/mol. The molecule has 2 fully saturated rings. The molecule has 0 aromatic heterocycles. The summed E-state index contributed by atoms with van der Waals surface area (Å²) in [6, 6.07) is 0. The summed E-state index contributed by atoms with van der Waals surface area (Å²) in [6.45, 7) is 2.62. The Morgan fingerprint density at radius 2 is 1.55 bits per heavy atom. The van der Waals surface area contributed by atoms with Crippen molar-refractivity contribution in [1.29, 1.82) is 0 Å². The lowest BCUT2D eigenvalue weighted by Gasteiger charge is -2.23. The highest BCUT2D eigenvalue weighted by Crippen LogP contribution is 2.31. The van der Waals surface area contributed by atoms with Gasteiger partial charge in [0.05, 0.1) is 13.1 Å². The number of aliphatic carboxylic acids is 1. The van der Waals surface area contributed by atoms with Crippen molar-refractivity contribution >= 4 is 11.9 Å². The summed E-state index contributed by atoms with van der Waals surface area (Å²) in [5.41, 5.74) is 4.70. The minimum atomic E-state index is -0.894. The number of carboxylic acid groups (broad SMARTS) is 1. The van der Waals surface area contributed by atoms with E-state index in [9.17, 15) is 9.59 Å². The minimum Gasteiger partial charge on any atom is -0.480 e. The molecule has 2 saturated carbocycles. The predicted octanol–water partition coefficient (Wildman–Crippen LogP) is 1.26. The molecule has 22 heavy (non-hydrogen) atoms. The van der Waals surface area contributed by atoms with Crippen molar-refractivity contribution in [3.8, 4) is 0 Å². The maximum atomic E-state index is 11.9. The molecule has 1 amide bonds.